The fourth-order valence-corrected chi connectivity index (χ4v) is 2.46. The van der Waals surface area contributed by atoms with Crippen molar-refractivity contribution >= 4 is 11.8 Å². The van der Waals surface area contributed by atoms with E-state index in [0.29, 0.717) is 11.7 Å². The molecule has 112 valence electrons. The van der Waals surface area contributed by atoms with Gasteiger partial charge in [-0.25, -0.2) is 0 Å². The SMILES string of the molecule is CCCNc1cc(OC2CC(C)OC(C)C2)nc(N)n1. The second-order valence-electron chi connectivity index (χ2n) is 5.34. The third kappa shape index (κ3) is 4.23. The van der Waals surface area contributed by atoms with Crippen molar-refractivity contribution < 1.29 is 9.47 Å². The molecule has 1 aromatic heterocycles. The predicted molar refractivity (Wildman–Crippen MR) is 78.9 cm³/mol. The minimum absolute atomic E-state index is 0.113. The van der Waals surface area contributed by atoms with Crippen LogP contribution in [-0.2, 0) is 4.74 Å². The first-order chi connectivity index (χ1) is 9.56. The van der Waals surface area contributed by atoms with E-state index in [9.17, 15) is 0 Å². The number of nitrogen functional groups attached to an aromatic ring is 1. The Morgan fingerprint density at radius 1 is 1.35 bits per heavy atom. The van der Waals surface area contributed by atoms with Gasteiger partial charge in [0.15, 0.2) is 0 Å². The van der Waals surface area contributed by atoms with E-state index >= 15 is 0 Å². The van der Waals surface area contributed by atoms with Crippen LogP contribution in [0.2, 0.25) is 0 Å². The largest absolute Gasteiger partial charge is 0.474 e. The fraction of sp³-hybridized carbons (Fsp3) is 0.714. The molecule has 2 rings (SSSR count). The van der Waals surface area contributed by atoms with Crippen molar-refractivity contribution in [2.24, 2.45) is 0 Å². The van der Waals surface area contributed by atoms with Gasteiger partial charge in [0.1, 0.15) is 11.9 Å². The molecule has 3 N–H and O–H groups in total. The Kier molecular flexibility index (Phi) is 5.00. The van der Waals surface area contributed by atoms with Gasteiger partial charge >= 0.3 is 0 Å². The van der Waals surface area contributed by atoms with Gasteiger partial charge in [-0.2, -0.15) is 9.97 Å². The van der Waals surface area contributed by atoms with E-state index < -0.39 is 0 Å². The van der Waals surface area contributed by atoms with E-state index in [1.165, 1.54) is 0 Å². The van der Waals surface area contributed by atoms with Crippen molar-refractivity contribution in [1.82, 2.24) is 9.97 Å². The normalized spacial score (nSPS) is 26.2. The van der Waals surface area contributed by atoms with E-state index in [0.717, 1.165) is 25.8 Å². The molecular formula is C14H24N4O2. The molecule has 6 nitrogen and oxygen atoms in total. The summed E-state index contributed by atoms with van der Waals surface area (Å²) in [6, 6.07) is 1.80. The summed E-state index contributed by atoms with van der Waals surface area (Å²) in [5, 5.41) is 3.19. The molecule has 1 fully saturated rings. The third-order valence-corrected chi connectivity index (χ3v) is 3.22. The molecule has 0 spiro atoms. The summed E-state index contributed by atoms with van der Waals surface area (Å²) in [6.45, 7) is 7.07. The Morgan fingerprint density at radius 3 is 2.70 bits per heavy atom. The van der Waals surface area contributed by atoms with Gasteiger partial charge < -0.3 is 20.5 Å². The summed E-state index contributed by atoms with van der Waals surface area (Å²) in [6.07, 6.45) is 3.29. The highest BCUT2D eigenvalue weighted by molar-refractivity contribution is 5.42. The number of ether oxygens (including phenoxy) is 2. The smallest absolute Gasteiger partial charge is 0.225 e. The molecule has 2 unspecified atom stereocenters. The molecule has 1 saturated heterocycles. The van der Waals surface area contributed by atoms with Crippen LogP contribution in [0, 0.1) is 0 Å². The summed E-state index contributed by atoms with van der Waals surface area (Å²) >= 11 is 0. The van der Waals surface area contributed by atoms with Crippen LogP contribution in [0.15, 0.2) is 6.07 Å². The van der Waals surface area contributed by atoms with Crippen LogP contribution in [0.4, 0.5) is 11.8 Å². The van der Waals surface area contributed by atoms with Crippen molar-refractivity contribution in [2.45, 2.75) is 58.3 Å². The van der Waals surface area contributed by atoms with Crippen LogP contribution in [0.5, 0.6) is 5.88 Å². The van der Waals surface area contributed by atoms with Gasteiger partial charge in [-0.3, -0.25) is 0 Å². The molecule has 1 aromatic rings. The lowest BCUT2D eigenvalue weighted by molar-refractivity contribution is -0.0729. The molecule has 2 atom stereocenters. The Morgan fingerprint density at radius 2 is 2.05 bits per heavy atom. The summed E-state index contributed by atoms with van der Waals surface area (Å²) in [7, 11) is 0. The van der Waals surface area contributed by atoms with E-state index in [2.05, 4.69) is 36.1 Å². The number of anilines is 2. The average Bonchev–Trinajstić information content (AvgIpc) is 2.34. The molecule has 20 heavy (non-hydrogen) atoms. The molecule has 0 radical (unpaired) electrons. The van der Waals surface area contributed by atoms with Crippen molar-refractivity contribution in [3.05, 3.63) is 6.07 Å². The Balaban J connectivity index is 2.02. The van der Waals surface area contributed by atoms with Crippen molar-refractivity contribution in [2.75, 3.05) is 17.6 Å². The van der Waals surface area contributed by atoms with Crippen molar-refractivity contribution in [3.63, 3.8) is 0 Å². The zero-order valence-electron chi connectivity index (χ0n) is 12.4. The number of hydrogen-bond donors (Lipinski definition) is 2. The maximum atomic E-state index is 5.95. The van der Waals surface area contributed by atoms with Crippen LogP contribution < -0.4 is 15.8 Å². The first-order valence-corrected chi connectivity index (χ1v) is 7.27. The first kappa shape index (κ1) is 14.8. The number of nitrogens with zero attached hydrogens (tertiary/aromatic N) is 2. The molecule has 1 aliphatic rings. The lowest BCUT2D eigenvalue weighted by atomic mass is 10.0. The molecule has 0 saturated carbocycles. The van der Waals surface area contributed by atoms with Crippen molar-refractivity contribution in [1.29, 1.82) is 0 Å². The van der Waals surface area contributed by atoms with Crippen LogP contribution in [0.25, 0.3) is 0 Å². The maximum Gasteiger partial charge on any atom is 0.225 e. The van der Waals surface area contributed by atoms with Crippen LogP contribution in [0.1, 0.15) is 40.0 Å². The van der Waals surface area contributed by atoms with Gasteiger partial charge in [0.2, 0.25) is 11.8 Å². The molecule has 1 aliphatic heterocycles. The summed E-state index contributed by atoms with van der Waals surface area (Å²) in [5.74, 6) is 1.47. The summed E-state index contributed by atoms with van der Waals surface area (Å²) < 4.78 is 11.7. The third-order valence-electron chi connectivity index (χ3n) is 3.22. The molecule has 0 aliphatic carbocycles. The molecular weight excluding hydrogens is 256 g/mol. The van der Waals surface area contributed by atoms with Crippen LogP contribution in [-0.4, -0.2) is 34.8 Å². The van der Waals surface area contributed by atoms with Crippen LogP contribution in [0.3, 0.4) is 0 Å². The zero-order valence-corrected chi connectivity index (χ0v) is 12.4. The quantitative estimate of drug-likeness (QED) is 0.860. The highest BCUT2D eigenvalue weighted by atomic mass is 16.5. The second-order valence-corrected chi connectivity index (χ2v) is 5.34. The van der Waals surface area contributed by atoms with E-state index in [4.69, 9.17) is 15.2 Å². The van der Waals surface area contributed by atoms with Gasteiger partial charge in [0, 0.05) is 25.5 Å². The summed E-state index contributed by atoms with van der Waals surface area (Å²) in [4.78, 5) is 8.29. The minimum atomic E-state index is 0.113. The van der Waals surface area contributed by atoms with Gasteiger partial charge in [0.25, 0.3) is 0 Å². The highest BCUT2D eigenvalue weighted by Crippen LogP contribution is 2.24. The van der Waals surface area contributed by atoms with E-state index in [-0.39, 0.29) is 24.3 Å². The maximum absolute atomic E-state index is 5.95. The van der Waals surface area contributed by atoms with Gasteiger partial charge in [-0.15, -0.1) is 0 Å². The number of hydrogen-bond acceptors (Lipinski definition) is 6. The topological polar surface area (TPSA) is 82.3 Å². The highest BCUT2D eigenvalue weighted by Gasteiger charge is 2.26. The Hall–Kier alpha value is -1.56. The minimum Gasteiger partial charge on any atom is -0.474 e. The average molecular weight is 280 g/mol. The van der Waals surface area contributed by atoms with Gasteiger partial charge in [0.05, 0.1) is 12.2 Å². The standard InChI is InChI=1S/C14H24N4O2/c1-4-5-16-12-8-13(18-14(15)17-12)20-11-6-9(2)19-10(3)7-11/h8-11H,4-7H2,1-3H3,(H3,15,16,17,18). The molecule has 0 bridgehead atoms. The Bertz CT molecular complexity index is 431. The number of aromatic nitrogens is 2. The van der Waals surface area contributed by atoms with Crippen molar-refractivity contribution in [3.8, 4) is 5.88 Å². The van der Waals surface area contributed by atoms with E-state index in [1.54, 1.807) is 6.07 Å². The molecule has 0 aromatic carbocycles. The predicted octanol–water partition coefficient (Wildman–Crippen LogP) is 2.22. The Labute approximate surface area is 120 Å². The van der Waals surface area contributed by atoms with E-state index in [1.807, 2.05) is 0 Å². The number of nitrogens with one attached hydrogen (secondary N) is 1. The second kappa shape index (κ2) is 6.74. The monoisotopic (exact) mass is 280 g/mol. The van der Waals surface area contributed by atoms with Gasteiger partial charge in [-0.05, 0) is 20.3 Å². The summed E-state index contributed by atoms with van der Waals surface area (Å²) in [5.41, 5.74) is 5.72. The molecule has 2 heterocycles. The lowest BCUT2D eigenvalue weighted by Gasteiger charge is -2.31. The lowest BCUT2D eigenvalue weighted by Crippen LogP contribution is -2.35. The molecule has 6 heteroatoms. The molecule has 0 amide bonds. The van der Waals surface area contributed by atoms with Gasteiger partial charge in [-0.1, -0.05) is 6.92 Å². The first-order valence-electron chi connectivity index (χ1n) is 7.27. The zero-order chi connectivity index (χ0) is 14.5. The number of nitrogens with two attached hydrogens (primary N) is 1. The van der Waals surface area contributed by atoms with Crippen LogP contribution >= 0.6 is 0 Å². The fourth-order valence-electron chi connectivity index (χ4n) is 2.46. The number of rotatable bonds is 5.